The predicted octanol–water partition coefficient (Wildman–Crippen LogP) is 1.42. The maximum Gasteiger partial charge on any atom is 0.242 e. The summed E-state index contributed by atoms with van der Waals surface area (Å²) in [6, 6.07) is 7.24. The van der Waals surface area contributed by atoms with E-state index in [0.717, 1.165) is 44.7 Å². The lowest BCUT2D eigenvalue weighted by molar-refractivity contribution is 0.386. The van der Waals surface area contributed by atoms with E-state index in [1.54, 1.807) is 12.1 Å². The van der Waals surface area contributed by atoms with Crippen LogP contribution in [0.4, 0.5) is 5.69 Å². The van der Waals surface area contributed by atoms with Crippen LogP contribution in [0.5, 0.6) is 0 Å². The van der Waals surface area contributed by atoms with E-state index in [1.807, 2.05) is 12.1 Å². The molecule has 1 aromatic rings. The van der Waals surface area contributed by atoms with Crippen molar-refractivity contribution < 1.29 is 8.42 Å². The van der Waals surface area contributed by atoms with Gasteiger partial charge in [-0.2, -0.15) is 0 Å². The van der Waals surface area contributed by atoms with Crippen LogP contribution < -0.4 is 14.9 Å². The lowest BCUT2D eigenvalue weighted by atomic mass is 9.96. The van der Waals surface area contributed by atoms with Gasteiger partial charge in [0.15, 0.2) is 0 Å². The molecule has 1 aliphatic rings. The normalized spacial score (nSPS) is 17.1. The summed E-state index contributed by atoms with van der Waals surface area (Å²) in [5.41, 5.74) is 0.814. The van der Waals surface area contributed by atoms with Crippen molar-refractivity contribution in [3.63, 3.8) is 0 Å². The van der Waals surface area contributed by atoms with Crippen LogP contribution in [0.2, 0.25) is 0 Å². The molecule has 1 aromatic carbocycles. The Morgan fingerprint density at radius 2 is 1.90 bits per heavy atom. The first-order valence-electron chi connectivity index (χ1n) is 7.56. The molecule has 0 spiro atoms. The summed E-state index contributed by atoms with van der Waals surface area (Å²) >= 11 is 0. The largest absolute Gasteiger partial charge is 0.370 e. The van der Waals surface area contributed by atoms with Crippen molar-refractivity contribution in [2.45, 2.75) is 24.7 Å². The molecule has 5 nitrogen and oxygen atoms in total. The highest BCUT2D eigenvalue weighted by atomic mass is 32.2. The number of benzene rings is 1. The Balaban J connectivity index is 2.11. The number of rotatable bonds is 6. The van der Waals surface area contributed by atoms with E-state index in [1.165, 1.54) is 7.05 Å². The number of nitrogens with zero attached hydrogens (tertiary/aromatic N) is 1. The van der Waals surface area contributed by atoms with Crippen molar-refractivity contribution in [1.82, 2.24) is 10.0 Å². The van der Waals surface area contributed by atoms with Crippen LogP contribution in [0.3, 0.4) is 0 Å². The second-order valence-corrected chi connectivity index (χ2v) is 7.27. The first kappa shape index (κ1) is 16.3. The molecule has 2 N–H and O–H groups in total. The smallest absolute Gasteiger partial charge is 0.242 e. The fourth-order valence-corrected chi connectivity index (χ4v) is 3.73. The summed E-state index contributed by atoms with van der Waals surface area (Å²) in [5.74, 6) is 0.689. The average molecular weight is 311 g/mol. The van der Waals surface area contributed by atoms with E-state index in [9.17, 15) is 8.42 Å². The number of hydrogen-bond acceptors (Lipinski definition) is 4. The molecule has 0 saturated carbocycles. The van der Waals surface area contributed by atoms with Gasteiger partial charge in [0.25, 0.3) is 0 Å². The number of hydrogen-bond donors (Lipinski definition) is 2. The van der Waals surface area contributed by atoms with E-state index in [0.29, 0.717) is 10.8 Å². The third kappa shape index (κ3) is 3.96. The minimum absolute atomic E-state index is 0.373. The molecule has 118 valence electrons. The zero-order valence-electron chi connectivity index (χ0n) is 12.8. The van der Waals surface area contributed by atoms with Gasteiger partial charge in [-0.05, 0) is 51.0 Å². The minimum Gasteiger partial charge on any atom is -0.370 e. The van der Waals surface area contributed by atoms with Gasteiger partial charge in [-0.1, -0.05) is 19.1 Å². The minimum atomic E-state index is -3.41. The molecule has 0 atom stereocenters. The van der Waals surface area contributed by atoms with Crippen molar-refractivity contribution in [3.8, 4) is 0 Å². The van der Waals surface area contributed by atoms with Crippen LogP contribution in [0, 0.1) is 5.92 Å². The third-order valence-electron chi connectivity index (χ3n) is 4.06. The summed E-state index contributed by atoms with van der Waals surface area (Å²) < 4.78 is 26.7. The molecule has 1 aliphatic heterocycles. The van der Waals surface area contributed by atoms with E-state index in [4.69, 9.17) is 0 Å². The molecule has 0 aliphatic carbocycles. The van der Waals surface area contributed by atoms with Gasteiger partial charge >= 0.3 is 0 Å². The Kier molecular flexibility index (Phi) is 5.61. The van der Waals surface area contributed by atoms with Crippen LogP contribution in [-0.4, -0.2) is 41.6 Å². The monoisotopic (exact) mass is 311 g/mol. The molecular weight excluding hydrogens is 286 g/mol. The first-order valence-corrected chi connectivity index (χ1v) is 9.05. The molecule has 0 unspecified atom stereocenters. The molecule has 0 bridgehead atoms. The van der Waals surface area contributed by atoms with Gasteiger partial charge < -0.3 is 10.2 Å². The van der Waals surface area contributed by atoms with Crippen LogP contribution in [0.25, 0.3) is 0 Å². The number of para-hydroxylation sites is 1. The molecule has 0 radical (unpaired) electrons. The molecule has 0 aromatic heterocycles. The van der Waals surface area contributed by atoms with E-state index < -0.39 is 10.0 Å². The Morgan fingerprint density at radius 3 is 2.52 bits per heavy atom. The van der Waals surface area contributed by atoms with E-state index >= 15 is 0 Å². The molecule has 0 amide bonds. The Morgan fingerprint density at radius 1 is 1.24 bits per heavy atom. The number of anilines is 1. The standard InChI is InChI=1S/C15H25N3O2S/c1-3-17-12-13-8-10-18(11-9-13)14-6-4-5-7-15(14)21(19,20)16-2/h4-7,13,16-17H,3,8-12H2,1-2H3. The van der Waals surface area contributed by atoms with Crippen molar-refractivity contribution in [1.29, 1.82) is 0 Å². The van der Waals surface area contributed by atoms with Gasteiger partial charge in [-0.15, -0.1) is 0 Å². The van der Waals surface area contributed by atoms with E-state index in [-0.39, 0.29) is 0 Å². The number of piperidine rings is 1. The first-order chi connectivity index (χ1) is 10.1. The second-order valence-electron chi connectivity index (χ2n) is 5.41. The fraction of sp³-hybridized carbons (Fsp3) is 0.600. The van der Waals surface area contributed by atoms with E-state index in [2.05, 4.69) is 21.9 Å². The summed E-state index contributed by atoms with van der Waals surface area (Å²) in [7, 11) is -1.96. The van der Waals surface area contributed by atoms with Gasteiger partial charge in [0, 0.05) is 13.1 Å². The lowest BCUT2D eigenvalue weighted by Gasteiger charge is -2.34. The predicted molar refractivity (Wildman–Crippen MR) is 86.2 cm³/mol. The van der Waals surface area contributed by atoms with Crippen molar-refractivity contribution in [2.75, 3.05) is 38.1 Å². The topological polar surface area (TPSA) is 61.4 Å². The summed E-state index contributed by atoms with van der Waals surface area (Å²) in [6.07, 6.45) is 2.20. The molecule has 6 heteroatoms. The van der Waals surface area contributed by atoms with Gasteiger partial charge in [0.2, 0.25) is 10.0 Å². The SMILES string of the molecule is CCNCC1CCN(c2ccccc2S(=O)(=O)NC)CC1. The molecule has 1 fully saturated rings. The van der Waals surface area contributed by atoms with Gasteiger partial charge in [0.05, 0.1) is 5.69 Å². The maximum atomic E-state index is 12.1. The third-order valence-corrected chi connectivity index (χ3v) is 5.52. The second kappa shape index (κ2) is 7.24. The Bertz CT molecular complexity index is 552. The highest BCUT2D eigenvalue weighted by molar-refractivity contribution is 7.89. The van der Waals surface area contributed by atoms with Crippen LogP contribution in [0.15, 0.2) is 29.2 Å². The fourth-order valence-electron chi connectivity index (χ4n) is 2.78. The van der Waals surface area contributed by atoms with Gasteiger partial charge in [-0.3, -0.25) is 0 Å². The average Bonchev–Trinajstić information content (AvgIpc) is 2.53. The van der Waals surface area contributed by atoms with Crippen LogP contribution >= 0.6 is 0 Å². The van der Waals surface area contributed by atoms with Crippen molar-refractivity contribution in [3.05, 3.63) is 24.3 Å². The quantitative estimate of drug-likeness (QED) is 0.834. The summed E-state index contributed by atoms with van der Waals surface area (Å²) in [6.45, 7) is 6.00. The highest BCUT2D eigenvalue weighted by Gasteiger charge is 2.24. The number of nitrogens with one attached hydrogen (secondary N) is 2. The number of sulfonamides is 1. The zero-order valence-corrected chi connectivity index (χ0v) is 13.6. The van der Waals surface area contributed by atoms with Crippen molar-refractivity contribution >= 4 is 15.7 Å². The summed E-state index contributed by atoms with van der Waals surface area (Å²) in [4.78, 5) is 2.56. The Labute approximate surface area is 127 Å². The van der Waals surface area contributed by atoms with Gasteiger partial charge in [-0.25, -0.2) is 13.1 Å². The molecule has 1 heterocycles. The maximum absolute atomic E-state index is 12.1. The molecule has 21 heavy (non-hydrogen) atoms. The summed E-state index contributed by atoms with van der Waals surface area (Å²) in [5, 5.41) is 3.39. The lowest BCUT2D eigenvalue weighted by Crippen LogP contribution is -2.38. The molecular formula is C15H25N3O2S. The van der Waals surface area contributed by atoms with Gasteiger partial charge in [0.1, 0.15) is 4.90 Å². The Hall–Kier alpha value is -1.11. The van der Waals surface area contributed by atoms with Crippen LogP contribution in [-0.2, 0) is 10.0 Å². The van der Waals surface area contributed by atoms with Crippen molar-refractivity contribution in [2.24, 2.45) is 5.92 Å². The zero-order chi connectivity index (χ0) is 15.3. The van der Waals surface area contributed by atoms with Crippen LogP contribution in [0.1, 0.15) is 19.8 Å². The molecule has 2 rings (SSSR count). The highest BCUT2D eigenvalue weighted by Crippen LogP contribution is 2.28. The molecule has 1 saturated heterocycles.